The van der Waals surface area contributed by atoms with Crippen molar-refractivity contribution in [1.82, 2.24) is 25.2 Å². The highest BCUT2D eigenvalue weighted by Crippen LogP contribution is 2.44. The first-order chi connectivity index (χ1) is 17.1. The first-order valence-corrected chi connectivity index (χ1v) is 11.8. The topological polar surface area (TPSA) is 106 Å². The fourth-order valence-corrected chi connectivity index (χ4v) is 4.55. The third kappa shape index (κ3) is 4.02. The van der Waals surface area contributed by atoms with Gasteiger partial charge in [0, 0.05) is 21.9 Å². The molecule has 0 atom stereocenters. The van der Waals surface area contributed by atoms with Crippen molar-refractivity contribution in [3.8, 4) is 11.3 Å². The number of fused-ring (bicyclic) bond motifs is 1. The Labute approximate surface area is 206 Å². The molecule has 2 amide bonds. The summed E-state index contributed by atoms with van der Waals surface area (Å²) in [7, 11) is 0. The molecule has 35 heavy (non-hydrogen) atoms. The standard InChI is InChI=1S/C26H22ClN7O/c27-19-9-11-20(12-10-19)34(26(28)35)25-21-14-18(8-13-22(21)29-31-25)23-24(17-6-7-17)33(32-30-23)15-16-4-2-1-3-5-16/h1-5,8-14,17H,6-7,15H2,(H2,28,35)(H,29,31). The van der Waals surface area contributed by atoms with Gasteiger partial charge in [-0.1, -0.05) is 53.2 Å². The van der Waals surface area contributed by atoms with Gasteiger partial charge in [-0.15, -0.1) is 5.10 Å². The second kappa shape index (κ2) is 8.56. The molecule has 0 radical (unpaired) electrons. The van der Waals surface area contributed by atoms with Gasteiger partial charge in [-0.3, -0.25) is 5.10 Å². The van der Waals surface area contributed by atoms with E-state index < -0.39 is 6.03 Å². The van der Waals surface area contributed by atoms with E-state index in [9.17, 15) is 4.79 Å². The molecule has 174 valence electrons. The van der Waals surface area contributed by atoms with Gasteiger partial charge in [-0.25, -0.2) is 14.4 Å². The first-order valence-electron chi connectivity index (χ1n) is 11.4. The number of H-pyrrole nitrogens is 1. The number of hydrogen-bond donors (Lipinski definition) is 2. The summed E-state index contributed by atoms with van der Waals surface area (Å²) in [5.41, 5.74) is 11.2. The van der Waals surface area contributed by atoms with Crippen molar-refractivity contribution >= 4 is 40.0 Å². The molecule has 0 aliphatic heterocycles. The highest BCUT2D eigenvalue weighted by atomic mass is 35.5. The predicted molar refractivity (Wildman–Crippen MR) is 136 cm³/mol. The molecule has 6 rings (SSSR count). The van der Waals surface area contributed by atoms with Crippen LogP contribution >= 0.6 is 11.6 Å². The number of nitrogens with two attached hydrogens (primary N) is 1. The van der Waals surface area contributed by atoms with Crippen LogP contribution in [0.15, 0.2) is 72.8 Å². The molecule has 1 aliphatic rings. The average molecular weight is 484 g/mol. The van der Waals surface area contributed by atoms with Crippen molar-refractivity contribution in [2.24, 2.45) is 5.73 Å². The maximum absolute atomic E-state index is 12.4. The Bertz CT molecular complexity index is 1520. The first kappa shape index (κ1) is 21.4. The summed E-state index contributed by atoms with van der Waals surface area (Å²) in [5.74, 6) is 0.862. The number of halogens is 1. The summed E-state index contributed by atoms with van der Waals surface area (Å²) in [6.07, 6.45) is 2.25. The zero-order valence-corrected chi connectivity index (χ0v) is 19.5. The number of anilines is 2. The molecule has 3 aromatic carbocycles. The van der Waals surface area contributed by atoms with Gasteiger partial charge in [0.1, 0.15) is 5.69 Å². The summed E-state index contributed by atoms with van der Waals surface area (Å²) < 4.78 is 2.01. The summed E-state index contributed by atoms with van der Waals surface area (Å²) in [6.45, 7) is 0.672. The van der Waals surface area contributed by atoms with Gasteiger partial charge in [0.05, 0.1) is 23.4 Å². The predicted octanol–water partition coefficient (Wildman–Crippen LogP) is 5.62. The van der Waals surface area contributed by atoms with Gasteiger partial charge < -0.3 is 5.73 Å². The van der Waals surface area contributed by atoms with Crippen molar-refractivity contribution in [1.29, 1.82) is 0 Å². The SMILES string of the molecule is NC(=O)N(c1ccc(Cl)cc1)c1n[nH]c2ccc(-c3nnn(Cc4ccccc4)c3C3CC3)cc12. The number of urea groups is 1. The molecule has 1 saturated carbocycles. The van der Waals surface area contributed by atoms with Crippen molar-refractivity contribution < 1.29 is 4.79 Å². The van der Waals surface area contributed by atoms with Crippen LogP contribution in [0.1, 0.15) is 30.0 Å². The lowest BCUT2D eigenvalue weighted by atomic mass is 10.0. The fourth-order valence-electron chi connectivity index (χ4n) is 4.42. The van der Waals surface area contributed by atoms with Crippen LogP contribution in [-0.2, 0) is 6.54 Å². The van der Waals surface area contributed by atoms with Gasteiger partial charge in [0.25, 0.3) is 0 Å². The van der Waals surface area contributed by atoms with Crippen LogP contribution in [0.3, 0.4) is 0 Å². The van der Waals surface area contributed by atoms with Gasteiger partial charge >= 0.3 is 6.03 Å². The Hall–Kier alpha value is -4.17. The number of nitrogens with one attached hydrogen (secondary N) is 1. The zero-order chi connectivity index (χ0) is 23.9. The number of benzene rings is 3. The van der Waals surface area contributed by atoms with Crippen LogP contribution in [0.2, 0.25) is 5.02 Å². The molecule has 1 aliphatic carbocycles. The number of aromatic nitrogens is 5. The number of hydrogen-bond acceptors (Lipinski definition) is 4. The van der Waals surface area contributed by atoms with E-state index in [-0.39, 0.29) is 0 Å². The van der Waals surface area contributed by atoms with Gasteiger partial charge in [0.15, 0.2) is 5.82 Å². The van der Waals surface area contributed by atoms with Crippen LogP contribution in [0.4, 0.5) is 16.3 Å². The second-order valence-electron chi connectivity index (χ2n) is 8.70. The summed E-state index contributed by atoms with van der Waals surface area (Å²) >= 11 is 6.03. The summed E-state index contributed by atoms with van der Waals surface area (Å²) in [4.78, 5) is 13.8. The molecular weight excluding hydrogens is 462 g/mol. The molecule has 2 aromatic heterocycles. The maximum atomic E-state index is 12.4. The number of nitrogens with zero attached hydrogens (tertiary/aromatic N) is 5. The molecule has 5 aromatic rings. The van der Waals surface area contributed by atoms with Crippen molar-refractivity contribution in [2.45, 2.75) is 25.3 Å². The molecule has 1 fully saturated rings. The number of rotatable bonds is 6. The van der Waals surface area contributed by atoms with E-state index in [1.54, 1.807) is 24.3 Å². The smallest absolute Gasteiger partial charge is 0.325 e. The monoisotopic (exact) mass is 483 g/mol. The van der Waals surface area contributed by atoms with Crippen molar-refractivity contribution in [3.05, 3.63) is 89.1 Å². The number of primary amides is 1. The lowest BCUT2D eigenvalue weighted by molar-refractivity contribution is 0.256. The van der Waals surface area contributed by atoms with Crippen molar-refractivity contribution in [2.75, 3.05) is 4.90 Å². The molecule has 0 saturated heterocycles. The summed E-state index contributed by atoms with van der Waals surface area (Å²) in [6, 6.07) is 22.4. The van der Waals surface area contributed by atoms with Gasteiger partial charge in [-0.2, -0.15) is 5.10 Å². The molecule has 0 spiro atoms. The zero-order valence-electron chi connectivity index (χ0n) is 18.7. The van der Waals surface area contributed by atoms with Crippen molar-refractivity contribution in [3.63, 3.8) is 0 Å². The fraction of sp³-hybridized carbons (Fsp3) is 0.154. The molecule has 0 bridgehead atoms. The lowest BCUT2D eigenvalue weighted by Crippen LogP contribution is -2.31. The van der Waals surface area contributed by atoms with Crippen LogP contribution in [-0.4, -0.2) is 31.2 Å². The summed E-state index contributed by atoms with van der Waals surface area (Å²) in [5, 5.41) is 17.8. The number of amides is 2. The van der Waals surface area contributed by atoms with Crippen LogP contribution < -0.4 is 10.6 Å². The minimum atomic E-state index is -0.640. The highest BCUT2D eigenvalue weighted by molar-refractivity contribution is 6.30. The van der Waals surface area contributed by atoms with Crippen LogP contribution in [0.25, 0.3) is 22.2 Å². The van der Waals surface area contributed by atoms with Gasteiger partial charge in [-0.05, 0) is 54.8 Å². The molecule has 9 heteroatoms. The minimum Gasteiger partial charge on any atom is -0.351 e. The third-order valence-corrected chi connectivity index (χ3v) is 6.50. The van der Waals surface area contributed by atoms with Crippen LogP contribution in [0, 0.1) is 0 Å². The largest absolute Gasteiger partial charge is 0.351 e. The normalized spacial score (nSPS) is 13.3. The molecule has 3 N–H and O–H groups in total. The Morgan fingerprint density at radius 3 is 2.57 bits per heavy atom. The van der Waals surface area contributed by atoms with E-state index >= 15 is 0 Å². The Kier molecular flexibility index (Phi) is 5.22. The average Bonchev–Trinajstić information content (AvgIpc) is 3.50. The van der Waals surface area contributed by atoms with E-state index in [1.807, 2.05) is 41.1 Å². The second-order valence-corrected chi connectivity index (χ2v) is 9.13. The Morgan fingerprint density at radius 2 is 1.86 bits per heavy atom. The van der Waals surface area contributed by atoms with E-state index in [2.05, 4.69) is 32.6 Å². The van der Waals surface area contributed by atoms with Gasteiger partial charge in [0.2, 0.25) is 0 Å². The molecule has 0 unspecified atom stereocenters. The maximum Gasteiger partial charge on any atom is 0.325 e. The number of aromatic amines is 1. The van der Waals surface area contributed by atoms with E-state index in [0.717, 1.165) is 40.7 Å². The third-order valence-electron chi connectivity index (χ3n) is 6.25. The van der Waals surface area contributed by atoms with E-state index in [0.29, 0.717) is 29.0 Å². The minimum absolute atomic E-state index is 0.418. The molecule has 2 heterocycles. The highest BCUT2D eigenvalue weighted by Gasteiger charge is 2.32. The number of carbonyl (C=O) groups is 1. The van der Waals surface area contributed by atoms with E-state index in [1.165, 1.54) is 10.5 Å². The molecule has 8 nitrogen and oxygen atoms in total. The molecular formula is C26H22ClN7O. The Morgan fingerprint density at radius 1 is 1.09 bits per heavy atom. The van der Waals surface area contributed by atoms with Crippen LogP contribution in [0.5, 0.6) is 0 Å². The Balaban J connectivity index is 1.43. The quantitative estimate of drug-likeness (QED) is 0.327. The van der Waals surface area contributed by atoms with E-state index in [4.69, 9.17) is 17.3 Å². The lowest BCUT2D eigenvalue weighted by Gasteiger charge is -2.18. The number of carbonyl (C=O) groups excluding carboxylic acids is 1.